The maximum Gasteiger partial charge on any atom is 0.347 e. The Morgan fingerprint density at radius 2 is 0.594 bits per heavy atom. The normalized spacial score (nSPS) is 33.9. The summed E-state index contributed by atoms with van der Waals surface area (Å²) in [5, 5.41) is 0. The van der Waals surface area contributed by atoms with Crippen LogP contribution >= 0.6 is 0 Å². The summed E-state index contributed by atoms with van der Waals surface area (Å²) >= 11 is 0. The van der Waals surface area contributed by atoms with Gasteiger partial charge in [-0.05, 0) is 47.8 Å². The molecule has 0 radical (unpaired) electrons. The monoisotopic (exact) mass is 512 g/mol. The summed E-state index contributed by atoms with van der Waals surface area (Å²) in [5.74, 6) is 1.56. The van der Waals surface area contributed by atoms with Crippen LogP contribution in [0.3, 0.4) is 0 Å². The standard InChI is InChI=1S/C24H48O4Si4/c1-13-29(17-21(5)6)25-30(14-2,18-22(7)8)27-32(16-4,20-24(11)12)28-31(15-3,26-29)19-23(9)10/h13-16,21-24H,1-4,17-20H2,5-12H3. The largest absolute Gasteiger partial charge is 0.409 e. The van der Waals surface area contributed by atoms with Crippen molar-refractivity contribution in [2.24, 2.45) is 23.7 Å². The van der Waals surface area contributed by atoms with E-state index in [0.29, 0.717) is 23.7 Å². The second kappa shape index (κ2) is 11.9. The zero-order chi connectivity index (χ0) is 24.8. The molecule has 8 heteroatoms. The lowest BCUT2D eigenvalue weighted by atomic mass is 10.3. The van der Waals surface area contributed by atoms with E-state index in [1.165, 1.54) is 0 Å². The molecule has 1 fully saturated rings. The molecule has 1 aliphatic rings. The Morgan fingerprint density at radius 1 is 0.438 bits per heavy atom. The lowest BCUT2D eigenvalue weighted by Crippen LogP contribution is -2.69. The summed E-state index contributed by atoms with van der Waals surface area (Å²) in [6, 6.07) is 3.21. The molecular weight excluding hydrogens is 465 g/mol. The number of hydrogen-bond acceptors (Lipinski definition) is 4. The Hall–Kier alpha value is -0.332. The maximum atomic E-state index is 7.16. The molecule has 0 N–H and O–H groups in total. The van der Waals surface area contributed by atoms with Crippen LogP contribution in [0.15, 0.2) is 49.1 Å². The Balaban J connectivity index is 3.82. The molecule has 0 aromatic carbocycles. The van der Waals surface area contributed by atoms with Crippen LogP contribution in [0.4, 0.5) is 0 Å². The molecule has 1 saturated heterocycles. The Bertz CT molecular complexity index is 540. The van der Waals surface area contributed by atoms with E-state index in [1.54, 1.807) is 0 Å². The highest BCUT2D eigenvalue weighted by Gasteiger charge is 2.60. The molecule has 0 aromatic heterocycles. The van der Waals surface area contributed by atoms with Gasteiger partial charge in [0.15, 0.2) is 0 Å². The predicted octanol–water partition coefficient (Wildman–Crippen LogP) is 7.36. The first-order valence-corrected chi connectivity index (χ1v) is 20.5. The van der Waals surface area contributed by atoms with Gasteiger partial charge in [-0.1, -0.05) is 78.2 Å². The summed E-state index contributed by atoms with van der Waals surface area (Å²) in [4.78, 5) is 0. The van der Waals surface area contributed by atoms with Crippen molar-refractivity contribution in [3.05, 3.63) is 49.1 Å². The Labute approximate surface area is 202 Å². The fraction of sp³-hybridized carbons (Fsp3) is 0.667. The van der Waals surface area contributed by atoms with Gasteiger partial charge in [0, 0.05) is 0 Å². The summed E-state index contributed by atoms with van der Waals surface area (Å²) in [7, 11) is -11.5. The van der Waals surface area contributed by atoms with Crippen molar-refractivity contribution in [1.82, 2.24) is 0 Å². The molecule has 1 heterocycles. The molecule has 1 rings (SSSR count). The van der Waals surface area contributed by atoms with E-state index in [9.17, 15) is 0 Å². The molecule has 0 atom stereocenters. The Kier molecular flexibility index (Phi) is 11.0. The van der Waals surface area contributed by atoms with Gasteiger partial charge in [-0.15, -0.1) is 26.3 Å². The van der Waals surface area contributed by atoms with Gasteiger partial charge in [-0.25, -0.2) is 0 Å². The fourth-order valence-corrected chi connectivity index (χ4v) is 26.6. The molecule has 0 bridgehead atoms. The molecule has 0 saturated carbocycles. The third-order valence-electron chi connectivity index (χ3n) is 5.40. The Morgan fingerprint density at radius 3 is 0.688 bits per heavy atom. The van der Waals surface area contributed by atoms with Crippen molar-refractivity contribution in [2.45, 2.75) is 79.6 Å². The van der Waals surface area contributed by atoms with E-state index in [0.717, 1.165) is 24.2 Å². The van der Waals surface area contributed by atoms with Crippen molar-refractivity contribution in [3.63, 3.8) is 0 Å². The number of hydrogen-bond donors (Lipinski definition) is 0. The molecule has 0 amide bonds. The van der Waals surface area contributed by atoms with Gasteiger partial charge in [0.2, 0.25) is 0 Å². The van der Waals surface area contributed by atoms with E-state index in [-0.39, 0.29) is 0 Å². The second-order valence-electron chi connectivity index (χ2n) is 10.9. The van der Waals surface area contributed by atoms with Crippen LogP contribution in [0, 0.1) is 23.7 Å². The summed E-state index contributed by atoms with van der Waals surface area (Å²) in [5.41, 5.74) is 7.78. The van der Waals surface area contributed by atoms with Gasteiger partial charge in [0.05, 0.1) is 0 Å². The highest BCUT2D eigenvalue weighted by molar-refractivity contribution is 6.99. The van der Waals surface area contributed by atoms with Gasteiger partial charge in [0.25, 0.3) is 0 Å². The third-order valence-corrected chi connectivity index (χ3v) is 24.5. The lowest BCUT2D eigenvalue weighted by Gasteiger charge is -2.51. The number of rotatable bonds is 12. The fourth-order valence-electron chi connectivity index (χ4n) is 4.53. The SMILES string of the molecule is C=C[Si]1(CC(C)C)O[Si](C=C)(CC(C)C)O[Si](C=C)(CC(C)C)O[Si](C=C)(CC(C)C)O1. The quantitative estimate of drug-likeness (QED) is 0.256. The van der Waals surface area contributed by atoms with Crippen molar-refractivity contribution in [2.75, 3.05) is 0 Å². The van der Waals surface area contributed by atoms with Crippen LogP contribution in [-0.2, 0) is 16.5 Å². The smallest absolute Gasteiger partial charge is 0.347 e. The summed E-state index contributed by atoms with van der Waals surface area (Å²) in [6.45, 7) is 34.5. The van der Waals surface area contributed by atoms with E-state index >= 15 is 0 Å². The molecule has 184 valence electrons. The van der Waals surface area contributed by atoms with Gasteiger partial charge < -0.3 is 16.5 Å². The molecular formula is C24H48O4Si4. The van der Waals surface area contributed by atoms with Crippen molar-refractivity contribution in [3.8, 4) is 0 Å². The highest BCUT2D eigenvalue weighted by atomic mass is 28.5. The van der Waals surface area contributed by atoms with E-state index in [2.05, 4.69) is 81.7 Å². The zero-order valence-corrected chi connectivity index (χ0v) is 25.9. The van der Waals surface area contributed by atoms with E-state index < -0.39 is 34.2 Å². The maximum absolute atomic E-state index is 7.16. The zero-order valence-electron chi connectivity index (χ0n) is 21.9. The first-order valence-electron chi connectivity index (χ1n) is 12.1. The van der Waals surface area contributed by atoms with Crippen molar-refractivity contribution < 1.29 is 16.5 Å². The van der Waals surface area contributed by atoms with Gasteiger partial charge in [-0.3, -0.25) is 0 Å². The molecule has 0 aromatic rings. The molecule has 1 aliphatic heterocycles. The summed E-state index contributed by atoms with van der Waals surface area (Å²) < 4.78 is 28.6. The van der Waals surface area contributed by atoms with Gasteiger partial charge in [-0.2, -0.15) is 0 Å². The van der Waals surface area contributed by atoms with Crippen LogP contribution in [0.5, 0.6) is 0 Å². The molecule has 4 nitrogen and oxygen atoms in total. The van der Waals surface area contributed by atoms with Crippen LogP contribution in [0.25, 0.3) is 0 Å². The topological polar surface area (TPSA) is 36.9 Å². The minimum atomic E-state index is -2.88. The van der Waals surface area contributed by atoms with E-state index in [1.807, 2.05) is 22.8 Å². The van der Waals surface area contributed by atoms with Crippen molar-refractivity contribution >= 4 is 34.2 Å². The van der Waals surface area contributed by atoms with Gasteiger partial charge in [0.1, 0.15) is 0 Å². The van der Waals surface area contributed by atoms with Crippen LogP contribution in [0.2, 0.25) is 24.2 Å². The van der Waals surface area contributed by atoms with Gasteiger partial charge >= 0.3 is 34.2 Å². The van der Waals surface area contributed by atoms with E-state index in [4.69, 9.17) is 16.5 Å². The average molecular weight is 513 g/mol. The molecule has 0 spiro atoms. The first kappa shape index (κ1) is 29.7. The third kappa shape index (κ3) is 7.87. The average Bonchev–Trinajstić information content (AvgIpc) is 2.64. The highest BCUT2D eigenvalue weighted by Crippen LogP contribution is 2.42. The minimum Gasteiger partial charge on any atom is -0.409 e. The van der Waals surface area contributed by atoms with Crippen LogP contribution in [-0.4, -0.2) is 34.2 Å². The lowest BCUT2D eigenvalue weighted by molar-refractivity contribution is 0.225. The first-order chi connectivity index (χ1) is 14.7. The van der Waals surface area contributed by atoms with Crippen LogP contribution in [0.1, 0.15) is 55.4 Å². The molecule has 32 heavy (non-hydrogen) atoms. The van der Waals surface area contributed by atoms with Crippen molar-refractivity contribution in [1.29, 1.82) is 0 Å². The minimum absolute atomic E-state index is 0.391. The second-order valence-corrected chi connectivity index (χ2v) is 23.9. The molecule has 0 unspecified atom stereocenters. The summed E-state index contributed by atoms with van der Waals surface area (Å²) in [6.07, 6.45) is 0. The molecule has 0 aliphatic carbocycles. The van der Waals surface area contributed by atoms with Crippen LogP contribution < -0.4 is 0 Å². The predicted molar refractivity (Wildman–Crippen MR) is 147 cm³/mol.